The third-order valence-electron chi connectivity index (χ3n) is 2.36. The monoisotopic (exact) mass is 251 g/mol. The summed E-state index contributed by atoms with van der Waals surface area (Å²) < 4.78 is 17.8. The number of nitrogens with two attached hydrogens (primary N) is 1. The number of anilines is 2. The van der Waals surface area contributed by atoms with Crippen molar-refractivity contribution in [3.05, 3.63) is 41.5 Å². The number of hydrogen-bond donors (Lipinski definition) is 3. The van der Waals surface area contributed by atoms with Crippen LogP contribution in [0.4, 0.5) is 15.8 Å². The number of nitrogens with zero attached hydrogens (tertiary/aromatic N) is 1. The fraction of sp³-hybridized carbons (Fsp3) is 0.0909. The first-order valence-corrected chi connectivity index (χ1v) is 5.04. The number of nitrogen functional groups attached to an aromatic ring is 1. The van der Waals surface area contributed by atoms with Crippen LogP contribution in [0.15, 0.2) is 29.0 Å². The standard InChI is InChI=1S/C11H10FN3O3/c12-7-1-2-8(9(10(7)13)11(16)17)14-5-6-3-4-18-15-6/h1-4,14H,5,13H2,(H,16,17). The molecule has 94 valence electrons. The Kier molecular flexibility index (Phi) is 3.13. The van der Waals surface area contributed by atoms with E-state index >= 15 is 0 Å². The second-order valence-corrected chi connectivity index (χ2v) is 3.53. The zero-order valence-corrected chi connectivity index (χ0v) is 9.18. The molecule has 0 aliphatic heterocycles. The van der Waals surface area contributed by atoms with Crippen LogP contribution >= 0.6 is 0 Å². The quantitative estimate of drug-likeness (QED) is 0.715. The smallest absolute Gasteiger partial charge is 0.340 e. The summed E-state index contributed by atoms with van der Waals surface area (Å²) in [4.78, 5) is 11.0. The molecule has 0 spiro atoms. The number of carboxylic acids is 1. The molecular formula is C11H10FN3O3. The molecule has 1 aromatic heterocycles. The molecule has 0 saturated carbocycles. The van der Waals surface area contributed by atoms with Crippen molar-refractivity contribution in [3.63, 3.8) is 0 Å². The van der Waals surface area contributed by atoms with E-state index in [0.717, 1.165) is 6.07 Å². The Morgan fingerprint density at radius 2 is 2.28 bits per heavy atom. The van der Waals surface area contributed by atoms with Crippen molar-refractivity contribution in [1.29, 1.82) is 0 Å². The van der Waals surface area contributed by atoms with Crippen LogP contribution in [0, 0.1) is 5.82 Å². The van der Waals surface area contributed by atoms with Crippen molar-refractivity contribution < 1.29 is 18.8 Å². The second-order valence-electron chi connectivity index (χ2n) is 3.53. The first kappa shape index (κ1) is 11.9. The molecule has 0 amide bonds. The van der Waals surface area contributed by atoms with Crippen LogP contribution in [0.1, 0.15) is 16.1 Å². The van der Waals surface area contributed by atoms with Crippen molar-refractivity contribution in [2.24, 2.45) is 0 Å². The molecule has 0 aliphatic rings. The molecule has 18 heavy (non-hydrogen) atoms. The summed E-state index contributed by atoms with van der Waals surface area (Å²) in [5.41, 5.74) is 5.53. The number of hydrogen-bond acceptors (Lipinski definition) is 5. The van der Waals surface area contributed by atoms with Gasteiger partial charge in [0.1, 0.15) is 23.3 Å². The highest BCUT2D eigenvalue weighted by molar-refractivity contribution is 6.00. The maximum Gasteiger partial charge on any atom is 0.340 e. The van der Waals surface area contributed by atoms with Gasteiger partial charge >= 0.3 is 5.97 Å². The van der Waals surface area contributed by atoms with Gasteiger partial charge in [0, 0.05) is 6.07 Å². The van der Waals surface area contributed by atoms with Crippen LogP contribution in [0.5, 0.6) is 0 Å². The highest BCUT2D eigenvalue weighted by atomic mass is 19.1. The molecule has 6 nitrogen and oxygen atoms in total. The highest BCUT2D eigenvalue weighted by Gasteiger charge is 2.17. The molecule has 2 rings (SSSR count). The lowest BCUT2D eigenvalue weighted by molar-refractivity contribution is 0.0698. The van der Waals surface area contributed by atoms with Crippen molar-refractivity contribution in [2.45, 2.75) is 6.54 Å². The SMILES string of the molecule is Nc1c(F)ccc(NCc2ccon2)c1C(=O)O. The molecule has 0 fully saturated rings. The summed E-state index contributed by atoms with van der Waals surface area (Å²) in [6.45, 7) is 0.252. The third kappa shape index (κ3) is 2.24. The number of aromatic nitrogens is 1. The molecule has 0 aliphatic carbocycles. The van der Waals surface area contributed by atoms with E-state index in [1.165, 1.54) is 12.3 Å². The van der Waals surface area contributed by atoms with Crippen LogP contribution in [-0.2, 0) is 6.54 Å². The molecule has 0 atom stereocenters. The number of nitrogens with one attached hydrogen (secondary N) is 1. The predicted molar refractivity (Wildman–Crippen MR) is 61.6 cm³/mol. The second kappa shape index (κ2) is 4.74. The van der Waals surface area contributed by atoms with E-state index in [-0.39, 0.29) is 17.8 Å². The fourth-order valence-corrected chi connectivity index (χ4v) is 1.49. The van der Waals surface area contributed by atoms with Gasteiger partial charge < -0.3 is 20.7 Å². The van der Waals surface area contributed by atoms with E-state index in [1.807, 2.05) is 0 Å². The summed E-state index contributed by atoms with van der Waals surface area (Å²) in [6, 6.07) is 4.04. The number of carboxylic acid groups (broad SMARTS) is 1. The lowest BCUT2D eigenvalue weighted by Gasteiger charge is -2.10. The zero-order chi connectivity index (χ0) is 13.1. The van der Waals surface area contributed by atoms with E-state index in [4.69, 9.17) is 10.8 Å². The maximum atomic E-state index is 13.2. The minimum Gasteiger partial charge on any atom is -0.478 e. The van der Waals surface area contributed by atoms with Crippen molar-refractivity contribution in [3.8, 4) is 0 Å². The Labute approximate surface area is 101 Å². The molecule has 0 unspecified atom stereocenters. The summed E-state index contributed by atoms with van der Waals surface area (Å²) in [7, 11) is 0. The molecule has 1 heterocycles. The molecule has 0 bridgehead atoms. The minimum atomic E-state index is -1.30. The van der Waals surface area contributed by atoms with Gasteiger partial charge in [-0.15, -0.1) is 0 Å². The van der Waals surface area contributed by atoms with E-state index < -0.39 is 17.5 Å². The van der Waals surface area contributed by atoms with Gasteiger partial charge in [-0.2, -0.15) is 0 Å². The van der Waals surface area contributed by atoms with Crippen LogP contribution < -0.4 is 11.1 Å². The number of benzene rings is 1. The Balaban J connectivity index is 2.27. The average molecular weight is 251 g/mol. The van der Waals surface area contributed by atoms with Crippen molar-refractivity contribution in [1.82, 2.24) is 5.16 Å². The lowest BCUT2D eigenvalue weighted by Crippen LogP contribution is -2.10. The largest absolute Gasteiger partial charge is 0.478 e. The van der Waals surface area contributed by atoms with Crippen LogP contribution in [0.3, 0.4) is 0 Å². The van der Waals surface area contributed by atoms with Gasteiger partial charge in [0.05, 0.1) is 17.9 Å². The predicted octanol–water partition coefficient (Wildman–Crippen LogP) is 1.71. The van der Waals surface area contributed by atoms with Crippen LogP contribution in [-0.4, -0.2) is 16.2 Å². The number of aromatic carboxylic acids is 1. The van der Waals surface area contributed by atoms with Gasteiger partial charge in [0.15, 0.2) is 0 Å². The molecule has 2 aromatic rings. The summed E-state index contributed by atoms with van der Waals surface area (Å²) in [5, 5.41) is 15.5. The normalized spacial score (nSPS) is 10.3. The molecule has 0 saturated heterocycles. The maximum absolute atomic E-state index is 13.2. The summed E-state index contributed by atoms with van der Waals surface area (Å²) in [6.07, 6.45) is 1.40. The van der Waals surface area contributed by atoms with Gasteiger partial charge in [-0.25, -0.2) is 9.18 Å². The summed E-state index contributed by atoms with van der Waals surface area (Å²) >= 11 is 0. The van der Waals surface area contributed by atoms with Gasteiger partial charge in [0.2, 0.25) is 0 Å². The Morgan fingerprint density at radius 3 is 2.89 bits per heavy atom. The molecule has 4 N–H and O–H groups in total. The van der Waals surface area contributed by atoms with Crippen LogP contribution in [0.2, 0.25) is 0 Å². The van der Waals surface area contributed by atoms with E-state index in [1.54, 1.807) is 6.07 Å². The number of halogens is 1. The molecule has 1 aromatic carbocycles. The van der Waals surface area contributed by atoms with E-state index in [0.29, 0.717) is 5.69 Å². The topological polar surface area (TPSA) is 101 Å². The highest BCUT2D eigenvalue weighted by Crippen LogP contribution is 2.25. The first-order valence-electron chi connectivity index (χ1n) is 5.04. The number of rotatable bonds is 4. The minimum absolute atomic E-state index is 0.226. The average Bonchev–Trinajstić information content (AvgIpc) is 2.83. The van der Waals surface area contributed by atoms with Gasteiger partial charge in [0.25, 0.3) is 0 Å². The first-order chi connectivity index (χ1) is 8.59. The van der Waals surface area contributed by atoms with Gasteiger partial charge in [-0.1, -0.05) is 5.16 Å². The van der Waals surface area contributed by atoms with Crippen LogP contribution in [0.25, 0.3) is 0 Å². The number of carbonyl (C=O) groups is 1. The zero-order valence-electron chi connectivity index (χ0n) is 9.18. The Morgan fingerprint density at radius 1 is 1.50 bits per heavy atom. The van der Waals surface area contributed by atoms with E-state index in [2.05, 4.69) is 15.0 Å². The Hall–Kier alpha value is -2.57. The lowest BCUT2D eigenvalue weighted by atomic mass is 10.1. The molecule has 0 radical (unpaired) electrons. The van der Waals surface area contributed by atoms with Gasteiger partial charge in [-0.3, -0.25) is 0 Å². The molecule has 7 heteroatoms. The third-order valence-corrected chi connectivity index (χ3v) is 2.36. The van der Waals surface area contributed by atoms with E-state index in [9.17, 15) is 9.18 Å². The van der Waals surface area contributed by atoms with Crippen molar-refractivity contribution >= 4 is 17.3 Å². The molecular weight excluding hydrogens is 241 g/mol. The van der Waals surface area contributed by atoms with Gasteiger partial charge in [-0.05, 0) is 12.1 Å². The fourth-order valence-electron chi connectivity index (χ4n) is 1.49. The van der Waals surface area contributed by atoms with Crippen molar-refractivity contribution in [2.75, 3.05) is 11.1 Å². The Bertz CT molecular complexity index is 569. The summed E-state index contributed by atoms with van der Waals surface area (Å²) in [5.74, 6) is -2.06.